The molecule has 1 aromatic rings. The Bertz CT molecular complexity index is 1220. The summed E-state index contributed by atoms with van der Waals surface area (Å²) >= 11 is 0. The minimum Gasteiger partial charge on any atom is -0.404 e. The van der Waals surface area contributed by atoms with Crippen molar-refractivity contribution in [1.29, 1.82) is 5.26 Å². The third kappa shape index (κ3) is 14.1. The number of likely N-dealkylation sites (N-methyl/N-ethyl adjacent to an activating group) is 1. The fraction of sp³-hybridized carbons (Fsp3) is 0.775. The zero-order valence-corrected chi connectivity index (χ0v) is 34.3. The predicted molar refractivity (Wildman–Crippen MR) is 206 cm³/mol. The van der Waals surface area contributed by atoms with Gasteiger partial charge in [0.25, 0.3) is 5.92 Å². The molecule has 3 unspecified atom stereocenters. The Morgan fingerprint density at radius 2 is 1.67 bits per heavy atom. The van der Waals surface area contributed by atoms with Crippen molar-refractivity contribution in [3.8, 4) is 6.07 Å². The van der Waals surface area contributed by atoms with E-state index in [9.17, 15) is 18.4 Å². The molecule has 3 heterocycles. The minimum absolute atomic E-state index is 0.0139. The van der Waals surface area contributed by atoms with Crippen molar-refractivity contribution in [1.82, 2.24) is 15.1 Å². The molecule has 3 aliphatic carbocycles. The number of carbonyl (C=O) groups excluding carboxylic acids is 2. The highest BCUT2D eigenvalue weighted by Crippen LogP contribution is 2.65. The van der Waals surface area contributed by atoms with Crippen molar-refractivity contribution >= 4 is 19.3 Å². The van der Waals surface area contributed by atoms with Crippen LogP contribution in [0.1, 0.15) is 107 Å². The van der Waals surface area contributed by atoms with Crippen molar-refractivity contribution in [3.63, 3.8) is 0 Å². The number of morpholine rings is 1. The number of benzene rings is 1. The molecule has 12 heteroatoms. The number of ether oxygens (including phenoxy) is 1. The number of nitrogens with one attached hydrogen (secondary N) is 1. The van der Waals surface area contributed by atoms with E-state index in [1.807, 2.05) is 71.6 Å². The van der Waals surface area contributed by atoms with E-state index in [4.69, 9.17) is 19.3 Å². The van der Waals surface area contributed by atoms with Gasteiger partial charge in [-0.25, -0.2) is 8.78 Å². The molecule has 1 aromatic carbocycles. The highest BCUT2D eigenvalue weighted by atomic mass is 19.3. The van der Waals surface area contributed by atoms with E-state index < -0.39 is 5.92 Å². The first-order chi connectivity index (χ1) is 24.4. The van der Waals surface area contributed by atoms with Gasteiger partial charge in [-0.05, 0) is 76.8 Å². The van der Waals surface area contributed by atoms with Gasteiger partial charge in [0.15, 0.2) is 0 Å². The van der Waals surface area contributed by atoms with Crippen LogP contribution in [0.5, 0.6) is 0 Å². The largest absolute Gasteiger partial charge is 0.482 e. The molecule has 0 spiro atoms. The summed E-state index contributed by atoms with van der Waals surface area (Å²) in [5.74, 6) is -1.40. The van der Waals surface area contributed by atoms with Crippen molar-refractivity contribution in [2.75, 3.05) is 46.4 Å². The van der Waals surface area contributed by atoms with Crippen molar-refractivity contribution < 1.29 is 32.4 Å². The van der Waals surface area contributed by atoms with Gasteiger partial charge in [-0.1, -0.05) is 71.9 Å². The lowest BCUT2D eigenvalue weighted by Crippen LogP contribution is -2.65. The fourth-order valence-electron chi connectivity index (χ4n) is 7.42. The number of alkyl halides is 2. The summed E-state index contributed by atoms with van der Waals surface area (Å²) in [5, 5.41) is 10.6. The molecule has 9 nitrogen and oxygen atoms in total. The van der Waals surface area contributed by atoms with E-state index in [-0.39, 0.29) is 55.6 Å². The van der Waals surface area contributed by atoms with Crippen LogP contribution in [0.15, 0.2) is 30.3 Å². The van der Waals surface area contributed by atoms with Crippen LogP contribution in [-0.4, -0.2) is 105 Å². The van der Waals surface area contributed by atoms with Gasteiger partial charge in [-0.15, -0.1) is 0 Å². The van der Waals surface area contributed by atoms with Gasteiger partial charge in [0.1, 0.15) is 6.29 Å². The van der Waals surface area contributed by atoms with Crippen LogP contribution < -0.4 is 5.32 Å². The quantitative estimate of drug-likeness (QED) is 0.250. The maximum Gasteiger partial charge on any atom is 0.482 e. The first-order valence-corrected chi connectivity index (χ1v) is 19.3. The van der Waals surface area contributed by atoms with Gasteiger partial charge < -0.3 is 29.1 Å². The first-order valence-electron chi connectivity index (χ1n) is 19.3. The molecule has 6 fully saturated rings. The summed E-state index contributed by atoms with van der Waals surface area (Å²) in [5.41, 5.74) is 1.15. The van der Waals surface area contributed by atoms with Crippen LogP contribution >= 0.6 is 0 Å². The second-order valence-corrected chi connectivity index (χ2v) is 15.5. The highest BCUT2D eigenvalue weighted by Gasteiger charge is 2.68. The average Bonchev–Trinajstić information content (AvgIpc) is 3.67. The second kappa shape index (κ2) is 22.1. The highest BCUT2D eigenvalue weighted by molar-refractivity contribution is 6.48. The average molecular weight is 735 g/mol. The number of hydrogen-bond donors (Lipinski definition) is 1. The molecule has 296 valence electrons. The Morgan fingerprint density at radius 1 is 1.08 bits per heavy atom. The van der Waals surface area contributed by atoms with Crippen LogP contribution in [0, 0.1) is 28.6 Å². The number of aldehydes is 1. The summed E-state index contributed by atoms with van der Waals surface area (Å²) in [6.45, 7) is 26.9. The molecule has 3 saturated heterocycles. The molecule has 3 saturated carbocycles. The molecule has 5 atom stereocenters. The van der Waals surface area contributed by atoms with Crippen molar-refractivity contribution in [3.05, 3.63) is 35.9 Å². The maximum atomic E-state index is 12.7. The zero-order chi connectivity index (χ0) is 39.8. The summed E-state index contributed by atoms with van der Waals surface area (Å²) in [4.78, 5) is 25.0. The van der Waals surface area contributed by atoms with Gasteiger partial charge >= 0.3 is 7.12 Å². The van der Waals surface area contributed by atoms with Crippen molar-refractivity contribution in [2.24, 2.45) is 17.3 Å². The third-order valence-electron chi connectivity index (χ3n) is 10.5. The summed E-state index contributed by atoms with van der Waals surface area (Å²) in [7, 11) is 1.73. The molecule has 1 N–H and O–H groups in total. The van der Waals surface area contributed by atoms with Crippen LogP contribution in [0.3, 0.4) is 0 Å². The smallest absolute Gasteiger partial charge is 0.404 e. The lowest BCUT2D eigenvalue weighted by atomic mass is 9.43. The molecular formula is C40H69BF2N4O5. The summed E-state index contributed by atoms with van der Waals surface area (Å²) in [6.07, 6.45) is 3.76. The van der Waals surface area contributed by atoms with Gasteiger partial charge in [-0.3, -0.25) is 9.69 Å². The van der Waals surface area contributed by atoms with Crippen molar-refractivity contribution in [2.45, 2.75) is 137 Å². The lowest BCUT2D eigenvalue weighted by molar-refractivity contribution is -0.199. The van der Waals surface area contributed by atoms with E-state index in [0.717, 1.165) is 38.6 Å². The van der Waals surface area contributed by atoms with E-state index >= 15 is 0 Å². The summed E-state index contributed by atoms with van der Waals surface area (Å²) < 4.78 is 43.4. The lowest BCUT2D eigenvalue weighted by Gasteiger charge is -2.64. The number of nitriles is 1. The zero-order valence-electron chi connectivity index (χ0n) is 34.3. The topological polar surface area (TPSA) is 104 Å². The Hall–Kier alpha value is -2.43. The minimum atomic E-state index is -2.45. The summed E-state index contributed by atoms with van der Waals surface area (Å²) in [6, 6.07) is 11.9. The molecular weight excluding hydrogens is 665 g/mol. The SMILES string of the molecule is CC.CC.CC(=O)NC(Cc1ccccc1)B1O[C@@H]2CC3CC(C3(C)C)[C@]2(C)O1.CC(C)(C)N1CCC(F)(F)C1.CN1CCOCC1.N#CCC=O. The predicted octanol–water partition coefficient (Wildman–Crippen LogP) is 7.23. The van der Waals surface area contributed by atoms with Gasteiger partial charge in [0.2, 0.25) is 5.91 Å². The monoisotopic (exact) mass is 735 g/mol. The molecule has 6 aliphatic rings. The standard InChI is InChI=1S/C20H28BNO3.C8H15F2N.C5H11NO.C3H3NO.2C2H6/c1-13(23)22-18(10-14-8-6-5-7-9-14)21-24-17-12-15-11-16(19(15,2)3)20(17,4)25-21;1-7(2,3)11-5-4-8(9,10)6-11;1-6-2-4-7-5-3-6;4-2-1-3-5;2*1-2/h5-9,15-18H,10-12H2,1-4H3,(H,22,23);4-6H2,1-3H3;2-5H2,1H3;3H,1H2;2*1-2H3/t15?,16?,17-,18?,20+;;;;;/m1...../s1. The number of nitrogens with zero attached hydrogens (tertiary/aromatic N) is 3. The van der Waals surface area contributed by atoms with E-state index in [1.165, 1.54) is 12.0 Å². The molecule has 2 bridgehead atoms. The Labute approximate surface area is 314 Å². The second-order valence-electron chi connectivity index (χ2n) is 15.5. The molecule has 3 aliphatic heterocycles. The number of hydrogen-bond acceptors (Lipinski definition) is 8. The number of amides is 1. The molecule has 0 radical (unpaired) electrons. The Kier molecular flexibility index (Phi) is 20.2. The van der Waals surface area contributed by atoms with E-state index in [2.05, 4.69) is 50.2 Å². The van der Waals surface area contributed by atoms with Gasteiger partial charge in [-0.2, -0.15) is 5.26 Å². The maximum absolute atomic E-state index is 12.7. The van der Waals surface area contributed by atoms with Gasteiger partial charge in [0, 0.05) is 38.5 Å². The van der Waals surface area contributed by atoms with E-state index in [1.54, 1.807) is 13.0 Å². The Balaban J connectivity index is 0.000000412. The van der Waals surface area contributed by atoms with Crippen LogP contribution in [0.25, 0.3) is 0 Å². The molecule has 1 amide bonds. The van der Waals surface area contributed by atoms with Crippen LogP contribution in [-0.2, 0) is 30.1 Å². The fourth-order valence-corrected chi connectivity index (χ4v) is 7.42. The molecule has 7 rings (SSSR count). The molecule has 0 aromatic heterocycles. The van der Waals surface area contributed by atoms with Crippen LogP contribution in [0.2, 0.25) is 0 Å². The van der Waals surface area contributed by atoms with Crippen LogP contribution in [0.4, 0.5) is 8.78 Å². The number of carbonyl (C=O) groups is 2. The molecule has 52 heavy (non-hydrogen) atoms. The Morgan fingerprint density at radius 3 is 2.06 bits per heavy atom. The normalized spacial score (nSPS) is 27.1. The number of likely N-dealkylation sites (tertiary alicyclic amines) is 1. The number of halogens is 2. The first kappa shape index (κ1) is 47.6. The van der Waals surface area contributed by atoms with Gasteiger partial charge in [0.05, 0.1) is 49.9 Å². The number of rotatable bonds is 5. The third-order valence-corrected chi connectivity index (χ3v) is 10.5. The van der Waals surface area contributed by atoms with E-state index in [0.29, 0.717) is 30.6 Å².